The lowest BCUT2D eigenvalue weighted by atomic mass is 10.2. The van der Waals surface area contributed by atoms with Crippen molar-refractivity contribution in [3.05, 3.63) is 83.7 Å². The Bertz CT molecular complexity index is 1200. The van der Waals surface area contributed by atoms with Gasteiger partial charge in [-0.05, 0) is 42.5 Å². The fourth-order valence-electron chi connectivity index (χ4n) is 3.81. The van der Waals surface area contributed by atoms with Crippen LogP contribution in [-0.2, 0) is 0 Å². The van der Waals surface area contributed by atoms with E-state index in [0.717, 1.165) is 24.2 Å². The van der Waals surface area contributed by atoms with Crippen LogP contribution < -0.4 is 10.2 Å². The number of rotatable bonds is 4. The minimum Gasteiger partial charge on any atom is -0.464 e. The number of halogens is 1. The lowest BCUT2D eigenvalue weighted by Crippen LogP contribution is -2.49. The normalized spacial score (nSPS) is 14.1. The number of amides is 1. The van der Waals surface area contributed by atoms with Crippen molar-refractivity contribution in [2.45, 2.75) is 0 Å². The molecule has 1 aliphatic heterocycles. The van der Waals surface area contributed by atoms with Crippen LogP contribution in [0.2, 0.25) is 5.02 Å². The van der Waals surface area contributed by atoms with Crippen molar-refractivity contribution < 1.29 is 9.21 Å². The number of furan rings is 1. The third-order valence-corrected chi connectivity index (χ3v) is 5.72. The van der Waals surface area contributed by atoms with Gasteiger partial charge in [0, 0.05) is 48.6 Å². The fraction of sp³-hybridized carbons (Fsp3) is 0.167. The van der Waals surface area contributed by atoms with Crippen LogP contribution >= 0.6 is 11.6 Å². The average molecular weight is 433 g/mol. The summed E-state index contributed by atoms with van der Waals surface area (Å²) in [5, 5.41) is 4.76. The second-order valence-electron chi connectivity index (χ2n) is 7.44. The van der Waals surface area contributed by atoms with Gasteiger partial charge in [-0.15, -0.1) is 0 Å². The molecule has 0 aliphatic carbocycles. The van der Waals surface area contributed by atoms with Gasteiger partial charge in [0.2, 0.25) is 0 Å². The standard InChI is InChI=1S/C24H21ClN4O2/c25-17-6-8-18(9-7-17)26-23-20-10-15-31-22(20)16-21(27-23)24(30)29-13-11-28(12-14-29)19-4-2-1-3-5-19/h1-10,15-16H,11-14H2,(H,26,27). The number of para-hydroxylation sites is 1. The van der Waals surface area contributed by atoms with Gasteiger partial charge in [-0.1, -0.05) is 29.8 Å². The van der Waals surface area contributed by atoms with Gasteiger partial charge in [-0.3, -0.25) is 4.79 Å². The summed E-state index contributed by atoms with van der Waals surface area (Å²) in [6.07, 6.45) is 1.60. The minimum atomic E-state index is -0.0924. The van der Waals surface area contributed by atoms with Gasteiger partial charge < -0.3 is 19.5 Å². The van der Waals surface area contributed by atoms with Crippen molar-refractivity contribution >= 4 is 45.7 Å². The maximum Gasteiger partial charge on any atom is 0.272 e. The molecule has 1 fully saturated rings. The molecular weight excluding hydrogens is 412 g/mol. The highest BCUT2D eigenvalue weighted by Gasteiger charge is 2.24. The molecule has 6 nitrogen and oxygen atoms in total. The van der Waals surface area contributed by atoms with Crippen LogP contribution in [0.25, 0.3) is 11.0 Å². The second kappa shape index (κ2) is 8.32. The SMILES string of the molecule is O=C(c1cc2occc2c(Nc2ccc(Cl)cc2)n1)N1CCN(c2ccccc2)CC1. The van der Waals surface area contributed by atoms with E-state index in [0.29, 0.717) is 35.2 Å². The largest absolute Gasteiger partial charge is 0.464 e. The topological polar surface area (TPSA) is 61.6 Å². The summed E-state index contributed by atoms with van der Waals surface area (Å²) in [7, 11) is 0. The maximum absolute atomic E-state index is 13.2. The molecule has 0 saturated carbocycles. The number of benzene rings is 2. The van der Waals surface area contributed by atoms with Crippen molar-refractivity contribution in [2.24, 2.45) is 0 Å². The Kier molecular flexibility index (Phi) is 5.22. The number of carbonyl (C=O) groups excluding carboxylic acids is 1. The van der Waals surface area contributed by atoms with Crippen molar-refractivity contribution in [2.75, 3.05) is 36.4 Å². The van der Waals surface area contributed by atoms with Crippen LogP contribution in [0.5, 0.6) is 0 Å². The van der Waals surface area contributed by atoms with E-state index in [2.05, 4.69) is 27.3 Å². The first-order chi connectivity index (χ1) is 15.2. The molecule has 4 aromatic rings. The number of hydrogen-bond donors (Lipinski definition) is 1. The Hall–Kier alpha value is -3.51. The number of hydrogen-bond acceptors (Lipinski definition) is 5. The summed E-state index contributed by atoms with van der Waals surface area (Å²) in [6.45, 7) is 2.86. The predicted molar refractivity (Wildman–Crippen MR) is 123 cm³/mol. The van der Waals surface area contributed by atoms with Gasteiger partial charge in [0.1, 0.15) is 17.1 Å². The number of fused-ring (bicyclic) bond motifs is 1. The van der Waals surface area contributed by atoms with E-state index in [1.54, 1.807) is 24.5 Å². The summed E-state index contributed by atoms with van der Waals surface area (Å²) in [6, 6.07) is 21.2. The molecule has 2 aromatic carbocycles. The molecule has 0 spiro atoms. The van der Waals surface area contributed by atoms with Crippen LogP contribution in [-0.4, -0.2) is 42.0 Å². The first kappa shape index (κ1) is 19.5. The molecular formula is C24H21ClN4O2. The Balaban J connectivity index is 1.36. The molecule has 0 radical (unpaired) electrons. The molecule has 2 aromatic heterocycles. The van der Waals surface area contributed by atoms with Crippen LogP contribution in [0.1, 0.15) is 10.5 Å². The van der Waals surface area contributed by atoms with Gasteiger partial charge in [-0.2, -0.15) is 0 Å². The molecule has 5 rings (SSSR count). The van der Waals surface area contributed by atoms with E-state index in [1.807, 2.05) is 41.3 Å². The number of carbonyl (C=O) groups is 1. The summed E-state index contributed by atoms with van der Waals surface area (Å²) in [5.74, 6) is 0.491. The molecule has 7 heteroatoms. The van der Waals surface area contributed by atoms with Crippen molar-refractivity contribution in [3.63, 3.8) is 0 Å². The molecule has 1 aliphatic rings. The Labute approximate surface area is 185 Å². The van der Waals surface area contributed by atoms with E-state index in [-0.39, 0.29) is 5.91 Å². The second-order valence-corrected chi connectivity index (χ2v) is 7.87. The van der Waals surface area contributed by atoms with E-state index < -0.39 is 0 Å². The Morgan fingerprint density at radius 1 is 0.968 bits per heavy atom. The van der Waals surface area contributed by atoms with Gasteiger partial charge in [0.15, 0.2) is 0 Å². The highest BCUT2D eigenvalue weighted by molar-refractivity contribution is 6.30. The van der Waals surface area contributed by atoms with Crippen LogP contribution in [0, 0.1) is 0 Å². The molecule has 1 saturated heterocycles. The molecule has 0 atom stereocenters. The Morgan fingerprint density at radius 2 is 1.71 bits per heavy atom. The van der Waals surface area contributed by atoms with Crippen LogP contribution in [0.15, 0.2) is 77.4 Å². The van der Waals surface area contributed by atoms with E-state index in [9.17, 15) is 4.79 Å². The number of aromatic nitrogens is 1. The molecule has 1 amide bonds. The maximum atomic E-state index is 13.2. The first-order valence-corrected chi connectivity index (χ1v) is 10.6. The summed E-state index contributed by atoms with van der Waals surface area (Å²) >= 11 is 5.98. The van der Waals surface area contributed by atoms with Crippen LogP contribution in [0.3, 0.4) is 0 Å². The zero-order chi connectivity index (χ0) is 21.2. The Morgan fingerprint density at radius 3 is 2.45 bits per heavy atom. The molecule has 0 unspecified atom stereocenters. The molecule has 1 N–H and O–H groups in total. The number of pyridine rings is 1. The summed E-state index contributed by atoms with van der Waals surface area (Å²) in [4.78, 5) is 22.0. The molecule has 0 bridgehead atoms. The van der Waals surface area contributed by atoms with Gasteiger partial charge >= 0.3 is 0 Å². The van der Waals surface area contributed by atoms with E-state index in [1.165, 1.54) is 5.69 Å². The smallest absolute Gasteiger partial charge is 0.272 e. The molecule has 156 valence electrons. The van der Waals surface area contributed by atoms with Gasteiger partial charge in [0.05, 0.1) is 11.6 Å². The summed E-state index contributed by atoms with van der Waals surface area (Å²) < 4.78 is 5.59. The average Bonchev–Trinajstić information content (AvgIpc) is 3.30. The highest BCUT2D eigenvalue weighted by Crippen LogP contribution is 2.28. The zero-order valence-corrected chi connectivity index (χ0v) is 17.5. The van der Waals surface area contributed by atoms with Gasteiger partial charge in [-0.25, -0.2) is 4.98 Å². The lowest BCUT2D eigenvalue weighted by Gasteiger charge is -2.36. The third kappa shape index (κ3) is 4.07. The van der Waals surface area contributed by atoms with Gasteiger partial charge in [0.25, 0.3) is 5.91 Å². The van der Waals surface area contributed by atoms with Crippen LogP contribution in [0.4, 0.5) is 17.2 Å². The number of anilines is 3. The number of piperazine rings is 1. The van der Waals surface area contributed by atoms with Crippen molar-refractivity contribution in [1.29, 1.82) is 0 Å². The summed E-state index contributed by atoms with van der Waals surface area (Å²) in [5.41, 5.74) is 3.00. The minimum absolute atomic E-state index is 0.0924. The number of nitrogens with one attached hydrogen (secondary N) is 1. The zero-order valence-electron chi connectivity index (χ0n) is 16.8. The number of nitrogens with zero attached hydrogens (tertiary/aromatic N) is 3. The quantitative estimate of drug-likeness (QED) is 0.481. The highest BCUT2D eigenvalue weighted by atomic mass is 35.5. The third-order valence-electron chi connectivity index (χ3n) is 5.46. The molecule has 3 heterocycles. The predicted octanol–water partition coefficient (Wildman–Crippen LogP) is 5.19. The monoisotopic (exact) mass is 432 g/mol. The lowest BCUT2D eigenvalue weighted by molar-refractivity contribution is 0.0741. The first-order valence-electron chi connectivity index (χ1n) is 10.2. The van der Waals surface area contributed by atoms with Crippen molar-refractivity contribution in [3.8, 4) is 0 Å². The van der Waals surface area contributed by atoms with E-state index >= 15 is 0 Å². The fourth-order valence-corrected chi connectivity index (χ4v) is 3.93. The molecule has 31 heavy (non-hydrogen) atoms. The van der Waals surface area contributed by atoms with E-state index in [4.69, 9.17) is 16.0 Å². The van der Waals surface area contributed by atoms with Crippen molar-refractivity contribution in [1.82, 2.24) is 9.88 Å².